The van der Waals surface area contributed by atoms with Crippen LogP contribution in [0.15, 0.2) is 206 Å². The Balaban J connectivity index is 1.35. The van der Waals surface area contributed by atoms with Crippen molar-refractivity contribution >= 4 is 47.8 Å². The van der Waals surface area contributed by atoms with Gasteiger partial charge in [-0.25, -0.2) is 0 Å². The van der Waals surface area contributed by atoms with Crippen LogP contribution >= 0.6 is 0 Å². The summed E-state index contributed by atoms with van der Waals surface area (Å²) in [6.07, 6.45) is 1.95. The molecule has 6 rings (SSSR count). The molecule has 6 aromatic rings. The average Bonchev–Trinajstić information content (AvgIpc) is 3.16. The normalized spacial score (nSPS) is 11.9. The minimum Gasteiger partial charge on any atom is -0.305 e. The van der Waals surface area contributed by atoms with Crippen molar-refractivity contribution in [2.75, 3.05) is 0 Å². The van der Waals surface area contributed by atoms with Crippen LogP contribution in [0.5, 0.6) is 0 Å². The van der Waals surface area contributed by atoms with Crippen LogP contribution in [0.2, 0.25) is 0 Å². The van der Waals surface area contributed by atoms with Crippen LogP contribution in [0, 0.1) is 0 Å². The summed E-state index contributed by atoms with van der Waals surface area (Å²) in [5, 5.41) is 6.73. The lowest BCUT2D eigenvalue weighted by atomic mass is 10.3. The lowest BCUT2D eigenvalue weighted by molar-refractivity contribution is 0.205. The molecule has 47 heavy (non-hydrogen) atoms. The maximum atomic E-state index is 7.02. The third kappa shape index (κ3) is 6.54. The van der Waals surface area contributed by atoms with Crippen molar-refractivity contribution in [3.63, 3.8) is 0 Å². The third-order valence-corrected chi connectivity index (χ3v) is 16.0. The highest BCUT2D eigenvalue weighted by Crippen LogP contribution is 2.14. The fourth-order valence-electron chi connectivity index (χ4n) is 6.01. The molecule has 0 saturated carbocycles. The molecule has 0 bridgehead atoms. The summed E-state index contributed by atoms with van der Waals surface area (Å²) in [5.74, 6) is 0. The molecule has 0 heterocycles. The molecule has 0 aromatic heterocycles. The second kappa shape index (κ2) is 14.9. The molecule has 6 aromatic carbocycles. The highest BCUT2D eigenvalue weighted by atomic mass is 28.4. The Hall–Kier alpha value is -5.25. The zero-order valence-electron chi connectivity index (χ0n) is 26.4. The maximum Gasteiger partial charge on any atom is 0.321 e. The molecule has 0 aliphatic heterocycles. The Labute approximate surface area is 279 Å². The summed E-state index contributed by atoms with van der Waals surface area (Å²) in [4.78, 5) is 0. The first kappa shape index (κ1) is 31.7. The molecule has 4 nitrogen and oxygen atoms in total. The van der Waals surface area contributed by atoms with Gasteiger partial charge in [0.25, 0.3) is 0 Å². The average molecular weight is 647 g/mol. The van der Waals surface area contributed by atoms with Gasteiger partial charge in [-0.1, -0.05) is 195 Å². The maximum absolute atomic E-state index is 7.02. The van der Waals surface area contributed by atoms with E-state index in [0.717, 1.165) is 31.1 Å². The number of rotatable bonds is 13. The van der Waals surface area contributed by atoms with Gasteiger partial charge in [-0.3, -0.25) is 11.0 Å². The fraction of sp³-hybridized carbons (Fsp3) is 0.0244. The summed E-state index contributed by atoms with van der Waals surface area (Å²) in [7, 11) is -6.04. The smallest absolute Gasteiger partial charge is 0.305 e. The number of allylic oxidation sites excluding steroid dienone is 1. The first-order valence-electron chi connectivity index (χ1n) is 15.8. The van der Waals surface area contributed by atoms with Gasteiger partial charge in [0.05, 0.1) is 11.4 Å². The minimum atomic E-state index is -3.02. The Bertz CT molecular complexity index is 1700. The standard InChI is InChI=1S/C41H38N2O2Si2/c1-3-41(43-45-47(38-28-16-7-17-29-38,39-30-18-8-19-31-39)40-32-20-9-21-33-40)34(2)42-44-46(35-22-10-4-11-23-35,36-24-12-5-13-25-36)37-26-14-6-15-27-37/h3-33,42-43H,2H2,1H3. The molecule has 0 radical (unpaired) electrons. The Kier molecular flexibility index (Phi) is 10.1. The van der Waals surface area contributed by atoms with E-state index in [1.165, 1.54) is 0 Å². The van der Waals surface area contributed by atoms with Gasteiger partial charge < -0.3 is 9.05 Å². The third-order valence-electron chi connectivity index (χ3n) is 8.34. The Morgan fingerprint density at radius 3 is 0.894 bits per heavy atom. The zero-order chi connectivity index (χ0) is 32.4. The van der Waals surface area contributed by atoms with E-state index in [-0.39, 0.29) is 0 Å². The molecule has 0 unspecified atom stereocenters. The van der Waals surface area contributed by atoms with Crippen molar-refractivity contribution < 1.29 is 9.05 Å². The largest absolute Gasteiger partial charge is 0.321 e. The molecule has 0 fully saturated rings. The van der Waals surface area contributed by atoms with E-state index in [9.17, 15) is 0 Å². The van der Waals surface area contributed by atoms with Gasteiger partial charge in [0.1, 0.15) is 0 Å². The van der Waals surface area contributed by atoms with Crippen LogP contribution in [-0.4, -0.2) is 16.6 Å². The summed E-state index contributed by atoms with van der Waals surface area (Å²) in [6.45, 7) is 6.38. The topological polar surface area (TPSA) is 42.5 Å². The molecular formula is C41H38N2O2Si2. The molecule has 0 atom stereocenters. The minimum absolute atomic E-state index is 0.559. The molecule has 6 heteroatoms. The van der Waals surface area contributed by atoms with E-state index in [2.05, 4.69) is 163 Å². The molecule has 0 saturated heterocycles. The van der Waals surface area contributed by atoms with Gasteiger partial charge in [0.2, 0.25) is 0 Å². The van der Waals surface area contributed by atoms with Crippen LogP contribution < -0.4 is 42.1 Å². The van der Waals surface area contributed by atoms with E-state index in [4.69, 9.17) is 9.05 Å². The van der Waals surface area contributed by atoms with Gasteiger partial charge >= 0.3 is 16.6 Å². The Morgan fingerprint density at radius 2 is 0.660 bits per heavy atom. The van der Waals surface area contributed by atoms with Crippen LogP contribution in [0.25, 0.3) is 0 Å². The number of nitrogens with one attached hydrogen (secondary N) is 2. The number of hydrogen-bond acceptors (Lipinski definition) is 4. The summed E-state index contributed by atoms with van der Waals surface area (Å²) < 4.78 is 14.0. The van der Waals surface area contributed by atoms with Crippen LogP contribution in [-0.2, 0) is 9.05 Å². The number of benzene rings is 6. The van der Waals surface area contributed by atoms with Gasteiger partial charge in [0.15, 0.2) is 0 Å². The number of hydrogen-bond donors (Lipinski definition) is 2. The van der Waals surface area contributed by atoms with Crippen molar-refractivity contribution in [3.05, 3.63) is 206 Å². The molecule has 0 aliphatic carbocycles. The van der Waals surface area contributed by atoms with Gasteiger partial charge in [-0.15, -0.1) is 0 Å². The van der Waals surface area contributed by atoms with Crippen molar-refractivity contribution in [2.24, 2.45) is 0 Å². The monoisotopic (exact) mass is 646 g/mol. The molecule has 232 valence electrons. The fourth-order valence-corrected chi connectivity index (χ4v) is 13.2. The molecule has 0 aliphatic rings. The summed E-state index contributed by atoms with van der Waals surface area (Å²) in [6, 6.07) is 62.8. The lowest BCUT2D eigenvalue weighted by Gasteiger charge is -2.35. The predicted molar refractivity (Wildman–Crippen MR) is 199 cm³/mol. The molecule has 0 amide bonds. The second-order valence-electron chi connectivity index (χ2n) is 11.1. The molecule has 0 spiro atoms. The van der Waals surface area contributed by atoms with Crippen LogP contribution in [0.4, 0.5) is 0 Å². The van der Waals surface area contributed by atoms with E-state index in [1.807, 2.05) is 49.4 Å². The summed E-state index contributed by atoms with van der Waals surface area (Å²) in [5.41, 5.74) is 7.90. The molecule has 2 N–H and O–H groups in total. The molecular weight excluding hydrogens is 609 g/mol. The van der Waals surface area contributed by atoms with Crippen molar-refractivity contribution in [2.45, 2.75) is 6.92 Å². The first-order valence-corrected chi connectivity index (χ1v) is 19.6. The number of hydroxylamine groups is 2. The van der Waals surface area contributed by atoms with E-state index in [0.29, 0.717) is 11.4 Å². The van der Waals surface area contributed by atoms with Crippen molar-refractivity contribution in [3.8, 4) is 0 Å². The Morgan fingerprint density at radius 1 is 0.426 bits per heavy atom. The first-order chi connectivity index (χ1) is 23.2. The van der Waals surface area contributed by atoms with E-state index >= 15 is 0 Å². The van der Waals surface area contributed by atoms with Gasteiger partial charge in [0, 0.05) is 0 Å². The zero-order valence-corrected chi connectivity index (χ0v) is 28.4. The highest BCUT2D eigenvalue weighted by Gasteiger charge is 2.45. The SMILES string of the molecule is C=C(NO[Si](c1ccccc1)(c1ccccc1)c1ccccc1)C(=CC)NO[Si](c1ccccc1)(c1ccccc1)c1ccccc1. The van der Waals surface area contributed by atoms with Crippen molar-refractivity contribution in [1.82, 2.24) is 11.0 Å². The predicted octanol–water partition coefficient (Wildman–Crippen LogP) is 4.78. The van der Waals surface area contributed by atoms with Gasteiger partial charge in [-0.2, -0.15) is 0 Å². The van der Waals surface area contributed by atoms with Crippen molar-refractivity contribution in [1.29, 1.82) is 0 Å². The quantitative estimate of drug-likeness (QED) is 0.0821. The second-order valence-corrected chi connectivity index (χ2v) is 17.7. The summed E-state index contributed by atoms with van der Waals surface area (Å²) >= 11 is 0. The highest BCUT2D eigenvalue weighted by molar-refractivity contribution is 7.07. The lowest BCUT2D eigenvalue weighted by Crippen LogP contribution is -2.71. The van der Waals surface area contributed by atoms with Gasteiger partial charge in [-0.05, 0) is 38.0 Å². The van der Waals surface area contributed by atoms with E-state index in [1.54, 1.807) is 0 Å². The van der Waals surface area contributed by atoms with Crippen LogP contribution in [0.3, 0.4) is 0 Å². The van der Waals surface area contributed by atoms with E-state index < -0.39 is 16.6 Å². The van der Waals surface area contributed by atoms with Crippen LogP contribution in [0.1, 0.15) is 6.92 Å².